The molecule has 214 valence electrons. The van der Waals surface area contributed by atoms with Gasteiger partial charge in [-0.05, 0) is 50.3 Å². The zero-order chi connectivity index (χ0) is 30.2. The van der Waals surface area contributed by atoms with Gasteiger partial charge in [-0.2, -0.15) is 0 Å². The molecule has 9 aromatic rings. The first kappa shape index (κ1) is 25.7. The molecule has 0 N–H and O–H groups in total. The quantitative estimate of drug-likeness (QED) is 0.191. The summed E-state index contributed by atoms with van der Waals surface area (Å²) in [4.78, 5) is 0. The van der Waals surface area contributed by atoms with E-state index in [1.165, 1.54) is 54.4 Å². The van der Waals surface area contributed by atoms with Crippen LogP contribution in [0.4, 0.5) is 0 Å². The Morgan fingerprint density at radius 3 is 1.91 bits per heavy atom. The van der Waals surface area contributed by atoms with Gasteiger partial charge >= 0.3 is 0 Å². The number of nitrogens with zero attached hydrogens (tertiary/aromatic N) is 2. The van der Waals surface area contributed by atoms with E-state index in [0.29, 0.717) is 0 Å². The van der Waals surface area contributed by atoms with E-state index in [2.05, 4.69) is 151 Å². The Bertz CT molecular complexity index is 2740. The number of benzene rings is 6. The Kier molecular flexibility index (Phi) is 5.48. The average molecular weight is 579 g/mol. The van der Waals surface area contributed by atoms with Gasteiger partial charge in [0.15, 0.2) is 5.58 Å². The van der Waals surface area contributed by atoms with Gasteiger partial charge in [0.1, 0.15) is 5.58 Å². The third kappa shape index (κ3) is 3.52. The van der Waals surface area contributed by atoms with Crippen molar-refractivity contribution in [2.24, 2.45) is 0 Å². The number of hydrogen-bond donors (Lipinski definition) is 0. The van der Waals surface area contributed by atoms with Crippen LogP contribution in [-0.2, 0) is 0 Å². The van der Waals surface area contributed by atoms with Gasteiger partial charge in [-0.25, -0.2) is 0 Å². The van der Waals surface area contributed by atoms with Gasteiger partial charge in [-0.3, -0.25) is 0 Å². The molecule has 0 saturated carbocycles. The van der Waals surface area contributed by atoms with Gasteiger partial charge < -0.3 is 13.6 Å². The molecule has 6 aromatic carbocycles. The van der Waals surface area contributed by atoms with Gasteiger partial charge in [0.2, 0.25) is 0 Å². The van der Waals surface area contributed by atoms with Crippen molar-refractivity contribution in [1.82, 2.24) is 9.13 Å². The lowest BCUT2D eigenvalue weighted by molar-refractivity contribution is 0.666. The van der Waals surface area contributed by atoms with Crippen LogP contribution in [0.1, 0.15) is 13.8 Å². The van der Waals surface area contributed by atoms with Crippen molar-refractivity contribution in [3.8, 4) is 5.69 Å². The Morgan fingerprint density at radius 2 is 1.18 bits per heavy atom. The number of fused-ring (bicyclic) bond motifs is 13. The lowest BCUT2D eigenvalue weighted by Gasteiger charge is -2.14. The molecule has 0 aliphatic carbocycles. The van der Waals surface area contributed by atoms with Crippen LogP contribution in [0, 0.1) is 0 Å². The highest BCUT2D eigenvalue weighted by molar-refractivity contribution is 6.37. The van der Waals surface area contributed by atoms with Crippen LogP contribution in [-0.4, -0.2) is 9.13 Å². The van der Waals surface area contributed by atoms with Crippen molar-refractivity contribution < 1.29 is 4.42 Å². The van der Waals surface area contributed by atoms with Crippen LogP contribution in [0.5, 0.6) is 0 Å². The Labute approximate surface area is 260 Å². The largest absolute Gasteiger partial charge is 0.454 e. The third-order valence-corrected chi connectivity index (χ3v) is 9.04. The monoisotopic (exact) mass is 578 g/mol. The highest BCUT2D eigenvalue weighted by atomic mass is 16.3. The van der Waals surface area contributed by atoms with E-state index in [1.807, 2.05) is 12.1 Å². The van der Waals surface area contributed by atoms with Gasteiger partial charge in [0, 0.05) is 48.8 Å². The van der Waals surface area contributed by atoms with Gasteiger partial charge in [-0.15, -0.1) is 0 Å². The van der Waals surface area contributed by atoms with Crippen molar-refractivity contribution in [3.63, 3.8) is 0 Å². The molecule has 3 heteroatoms. The van der Waals surface area contributed by atoms with Gasteiger partial charge in [0.25, 0.3) is 0 Å². The van der Waals surface area contributed by atoms with E-state index in [0.717, 1.165) is 38.8 Å². The maximum Gasteiger partial charge on any atom is 0.159 e. The zero-order valence-corrected chi connectivity index (χ0v) is 25.2. The Morgan fingerprint density at radius 1 is 0.600 bits per heavy atom. The molecule has 3 heterocycles. The molecule has 9 rings (SSSR count). The molecule has 3 nitrogen and oxygen atoms in total. The predicted molar refractivity (Wildman–Crippen MR) is 192 cm³/mol. The van der Waals surface area contributed by atoms with Crippen molar-refractivity contribution in [2.75, 3.05) is 0 Å². The smallest absolute Gasteiger partial charge is 0.159 e. The van der Waals surface area contributed by atoms with E-state index in [9.17, 15) is 0 Å². The summed E-state index contributed by atoms with van der Waals surface area (Å²) in [5, 5.41) is 9.60. The van der Waals surface area contributed by atoms with Crippen molar-refractivity contribution in [2.45, 2.75) is 13.8 Å². The van der Waals surface area contributed by atoms with Crippen LogP contribution in [0.2, 0.25) is 0 Å². The summed E-state index contributed by atoms with van der Waals surface area (Å²) in [6, 6.07) is 41.3. The van der Waals surface area contributed by atoms with Crippen molar-refractivity contribution >= 4 is 82.0 Å². The molecule has 0 spiro atoms. The summed E-state index contributed by atoms with van der Waals surface area (Å²) in [6.45, 7) is 8.37. The van der Waals surface area contributed by atoms with Crippen LogP contribution in [0.25, 0.3) is 87.7 Å². The minimum absolute atomic E-state index is 0.896. The van der Waals surface area contributed by atoms with Crippen molar-refractivity contribution in [3.05, 3.63) is 146 Å². The molecule has 0 unspecified atom stereocenters. The fourth-order valence-corrected chi connectivity index (χ4v) is 7.42. The maximum absolute atomic E-state index is 6.63. The second-order valence-electron chi connectivity index (χ2n) is 12.0. The number of furan rings is 1. The van der Waals surface area contributed by atoms with E-state index in [1.54, 1.807) is 0 Å². The Balaban J connectivity index is 1.58. The van der Waals surface area contributed by atoms with Crippen LogP contribution < -0.4 is 0 Å². The molecule has 45 heavy (non-hydrogen) atoms. The zero-order valence-electron chi connectivity index (χ0n) is 25.2. The van der Waals surface area contributed by atoms with Crippen LogP contribution in [0.15, 0.2) is 150 Å². The van der Waals surface area contributed by atoms with Crippen LogP contribution >= 0.6 is 0 Å². The summed E-state index contributed by atoms with van der Waals surface area (Å²) in [7, 11) is 0. The highest BCUT2D eigenvalue weighted by Gasteiger charge is 2.25. The van der Waals surface area contributed by atoms with E-state index in [-0.39, 0.29) is 0 Å². The standard InChI is InChI=1S/C42H30N2O/c1-4-14-27(25-26(2)3)43-34-21-10-7-18-32(34)38-39-33-19-8-11-22-35(33)44(41(39)30-17-6-5-16-29(30)40(38)43)36-23-13-20-31-28-15-9-12-24-37(28)45-42(31)36/h4-25H,1H2,2-3H3/b27-14+. The first-order chi connectivity index (χ1) is 22.2. The Hall–Kier alpha value is -5.80. The maximum atomic E-state index is 6.63. The summed E-state index contributed by atoms with van der Waals surface area (Å²) >= 11 is 0. The molecule has 0 aliphatic rings. The molecule has 0 aliphatic heterocycles. The summed E-state index contributed by atoms with van der Waals surface area (Å²) in [6.07, 6.45) is 6.25. The number of aromatic nitrogens is 2. The summed E-state index contributed by atoms with van der Waals surface area (Å²) in [5.74, 6) is 0. The SMILES string of the molecule is C=C/C=C(\C=C(C)C)n1c2ccccc2c2c3c4ccccc4n(-c4cccc5c4oc4ccccc45)c3c3ccccc3c21. The predicted octanol–water partition coefficient (Wildman–Crippen LogP) is 11.9. The van der Waals surface area contributed by atoms with Crippen LogP contribution in [0.3, 0.4) is 0 Å². The highest BCUT2D eigenvalue weighted by Crippen LogP contribution is 2.47. The lowest BCUT2D eigenvalue weighted by atomic mass is 9.99. The van der Waals surface area contributed by atoms with E-state index in [4.69, 9.17) is 4.42 Å². The minimum Gasteiger partial charge on any atom is -0.454 e. The molecular weight excluding hydrogens is 548 g/mol. The topological polar surface area (TPSA) is 23.0 Å². The van der Waals surface area contributed by atoms with Gasteiger partial charge in [0.05, 0.1) is 27.8 Å². The van der Waals surface area contributed by atoms with Crippen molar-refractivity contribution in [1.29, 1.82) is 0 Å². The fraction of sp³-hybridized carbons (Fsp3) is 0.0476. The minimum atomic E-state index is 0.896. The summed E-state index contributed by atoms with van der Waals surface area (Å²) < 4.78 is 11.5. The number of allylic oxidation sites excluding steroid dienone is 5. The first-order valence-electron chi connectivity index (χ1n) is 15.4. The summed E-state index contributed by atoms with van der Waals surface area (Å²) in [5.41, 5.74) is 9.88. The molecule has 0 amide bonds. The number of hydrogen-bond acceptors (Lipinski definition) is 1. The average Bonchev–Trinajstić information content (AvgIpc) is 3.73. The second kappa shape index (κ2) is 9.60. The molecule has 0 saturated heterocycles. The molecular formula is C42H30N2O. The molecule has 0 bridgehead atoms. The molecule has 0 fully saturated rings. The number of para-hydroxylation sites is 4. The first-order valence-corrected chi connectivity index (χ1v) is 15.4. The molecule has 0 atom stereocenters. The lowest BCUT2D eigenvalue weighted by Crippen LogP contribution is -1.98. The second-order valence-corrected chi connectivity index (χ2v) is 12.0. The van der Waals surface area contributed by atoms with E-state index < -0.39 is 0 Å². The van der Waals surface area contributed by atoms with E-state index >= 15 is 0 Å². The third-order valence-electron chi connectivity index (χ3n) is 9.04. The molecule has 0 radical (unpaired) electrons. The number of rotatable bonds is 4. The normalized spacial score (nSPS) is 12.4. The van der Waals surface area contributed by atoms with Gasteiger partial charge in [-0.1, -0.05) is 109 Å². The fourth-order valence-electron chi connectivity index (χ4n) is 7.42. The molecule has 3 aromatic heterocycles.